The van der Waals surface area contributed by atoms with E-state index < -0.39 is 10.6 Å². The smallest absolute Gasteiger partial charge is 0.334 e. The van der Waals surface area contributed by atoms with Gasteiger partial charge in [-0.1, -0.05) is 42.5 Å². The Morgan fingerprint density at radius 3 is 2.51 bits per heavy atom. The predicted molar refractivity (Wildman–Crippen MR) is 141 cm³/mol. The van der Waals surface area contributed by atoms with Crippen molar-refractivity contribution in [2.75, 3.05) is 44.0 Å². The van der Waals surface area contributed by atoms with Gasteiger partial charge in [0.25, 0.3) is 0 Å². The maximum atomic E-state index is 12.0. The van der Waals surface area contributed by atoms with E-state index in [9.17, 15) is 14.9 Å². The van der Waals surface area contributed by atoms with Crippen molar-refractivity contribution in [1.29, 1.82) is 0 Å². The molecular weight excluding hydrogens is 474 g/mol. The predicted octanol–water partition coefficient (Wildman–Crippen LogP) is 4.02. The molecule has 1 aromatic heterocycles. The summed E-state index contributed by atoms with van der Waals surface area (Å²) in [6.45, 7) is 3.84. The number of carbonyl (C=O) groups is 1. The summed E-state index contributed by atoms with van der Waals surface area (Å²) in [6, 6.07) is 17.6. The average molecular weight is 506 g/mol. The van der Waals surface area contributed by atoms with Crippen molar-refractivity contribution in [3.8, 4) is 17.0 Å². The Morgan fingerprint density at radius 1 is 1.08 bits per heavy atom. The highest BCUT2D eigenvalue weighted by Crippen LogP contribution is 2.36. The average Bonchev–Trinajstić information content (AvgIpc) is 3.40. The van der Waals surface area contributed by atoms with E-state index in [1.165, 1.54) is 36.5 Å². The van der Waals surface area contributed by atoms with Crippen LogP contribution in [0.25, 0.3) is 11.1 Å². The lowest BCUT2D eigenvalue weighted by molar-refractivity contribution is -0.383. The zero-order chi connectivity index (χ0) is 26.2. The van der Waals surface area contributed by atoms with Crippen molar-refractivity contribution >= 4 is 23.6 Å². The summed E-state index contributed by atoms with van der Waals surface area (Å²) in [5, 5.41) is 11.7. The molecule has 1 aliphatic heterocycles. The van der Waals surface area contributed by atoms with E-state index >= 15 is 0 Å². The Balaban J connectivity index is 1.53. The number of ether oxygens (including phenoxy) is 2. The van der Waals surface area contributed by atoms with Crippen molar-refractivity contribution in [3.63, 3.8) is 0 Å². The molecule has 4 rings (SSSR count). The highest BCUT2D eigenvalue weighted by molar-refractivity contribution is 5.85. The van der Waals surface area contributed by atoms with Gasteiger partial charge >= 0.3 is 5.69 Å². The molecule has 10 heteroatoms. The van der Waals surface area contributed by atoms with Crippen molar-refractivity contribution in [1.82, 2.24) is 9.88 Å². The molecule has 0 radical (unpaired) electrons. The molecule has 3 aromatic rings. The van der Waals surface area contributed by atoms with Gasteiger partial charge in [-0.05, 0) is 54.3 Å². The number of rotatable bonds is 12. The van der Waals surface area contributed by atoms with Gasteiger partial charge in [-0.15, -0.1) is 0 Å². The van der Waals surface area contributed by atoms with E-state index in [0.29, 0.717) is 13.0 Å². The Hall–Kier alpha value is -4.02. The van der Waals surface area contributed by atoms with Crippen molar-refractivity contribution < 1.29 is 19.2 Å². The lowest BCUT2D eigenvalue weighted by Crippen LogP contribution is -2.22. The van der Waals surface area contributed by atoms with Crippen LogP contribution in [0.3, 0.4) is 0 Å². The molecule has 0 atom stereocenters. The second kappa shape index (κ2) is 12.3. The first kappa shape index (κ1) is 26.1. The number of hydrogen-bond acceptors (Lipinski definition) is 8. The van der Waals surface area contributed by atoms with Crippen LogP contribution in [-0.2, 0) is 22.6 Å². The summed E-state index contributed by atoms with van der Waals surface area (Å²) in [5.74, 6) is -0.253. The number of nitrogen functional groups attached to an aromatic ring is 1. The molecule has 2 aromatic carbocycles. The largest absolute Gasteiger partial charge is 0.475 e. The molecule has 0 spiro atoms. The molecule has 10 nitrogen and oxygen atoms in total. The molecule has 0 saturated carbocycles. The number of pyridine rings is 1. The highest BCUT2D eigenvalue weighted by Gasteiger charge is 2.26. The van der Waals surface area contributed by atoms with E-state index in [1.807, 2.05) is 24.3 Å². The monoisotopic (exact) mass is 505 g/mol. The maximum Gasteiger partial charge on any atom is 0.334 e. The number of anilines is 2. The van der Waals surface area contributed by atoms with Gasteiger partial charge in [0.1, 0.15) is 12.3 Å². The highest BCUT2D eigenvalue weighted by atomic mass is 16.6. The first-order valence-electron chi connectivity index (χ1n) is 12.2. The SMILES string of the molecule is COCCOc1cc(N(C=O)Cc2ccc(-c3cccc(CN4CCCC4)c3)cc2)c([N+](=O)[O-])c(N)n1. The minimum absolute atomic E-state index is 0.0126. The number of methoxy groups -OCH3 is 1. The summed E-state index contributed by atoms with van der Waals surface area (Å²) < 4.78 is 10.4. The van der Waals surface area contributed by atoms with Crippen LogP contribution in [0.1, 0.15) is 24.0 Å². The Kier molecular flexibility index (Phi) is 8.65. The van der Waals surface area contributed by atoms with Crippen LogP contribution in [0.15, 0.2) is 54.6 Å². The second-order valence-corrected chi connectivity index (χ2v) is 8.93. The van der Waals surface area contributed by atoms with E-state index in [-0.39, 0.29) is 30.5 Å². The first-order chi connectivity index (χ1) is 18.0. The fourth-order valence-electron chi connectivity index (χ4n) is 4.46. The Bertz CT molecular complexity index is 1230. The van der Waals surface area contributed by atoms with Crippen LogP contribution in [0.2, 0.25) is 0 Å². The van der Waals surface area contributed by atoms with Gasteiger partial charge in [0.2, 0.25) is 18.1 Å². The Labute approximate surface area is 215 Å². The van der Waals surface area contributed by atoms with Crippen LogP contribution >= 0.6 is 0 Å². The van der Waals surface area contributed by atoms with Crippen molar-refractivity contribution in [2.24, 2.45) is 0 Å². The van der Waals surface area contributed by atoms with Gasteiger partial charge in [0, 0.05) is 19.7 Å². The fraction of sp³-hybridized carbons (Fsp3) is 0.333. The second-order valence-electron chi connectivity index (χ2n) is 8.93. The first-order valence-corrected chi connectivity index (χ1v) is 12.2. The molecule has 194 valence electrons. The van der Waals surface area contributed by atoms with Gasteiger partial charge in [0.15, 0.2) is 0 Å². The molecule has 1 saturated heterocycles. The molecule has 0 unspecified atom stereocenters. The zero-order valence-corrected chi connectivity index (χ0v) is 20.8. The minimum Gasteiger partial charge on any atom is -0.475 e. The molecule has 0 bridgehead atoms. The molecule has 2 N–H and O–H groups in total. The molecule has 1 aliphatic rings. The zero-order valence-electron chi connectivity index (χ0n) is 20.8. The number of nitrogens with zero attached hydrogens (tertiary/aromatic N) is 4. The lowest BCUT2D eigenvalue weighted by Gasteiger charge is -2.19. The third-order valence-corrected chi connectivity index (χ3v) is 6.30. The Morgan fingerprint density at radius 2 is 1.84 bits per heavy atom. The number of nitro groups is 1. The van der Waals surface area contributed by atoms with Gasteiger partial charge < -0.3 is 20.1 Å². The summed E-state index contributed by atoms with van der Waals surface area (Å²) in [7, 11) is 1.52. The van der Waals surface area contributed by atoms with Gasteiger partial charge in [0.05, 0.1) is 18.1 Å². The molecule has 2 heterocycles. The van der Waals surface area contributed by atoms with Gasteiger partial charge in [-0.3, -0.25) is 19.8 Å². The van der Waals surface area contributed by atoms with E-state index in [2.05, 4.69) is 34.1 Å². The quantitative estimate of drug-likeness (QED) is 0.169. The van der Waals surface area contributed by atoms with Crippen LogP contribution in [0.4, 0.5) is 17.2 Å². The number of aromatic nitrogens is 1. The normalized spacial score (nSPS) is 13.4. The number of amides is 1. The third kappa shape index (κ3) is 6.60. The number of benzene rings is 2. The van der Waals surface area contributed by atoms with E-state index in [0.717, 1.165) is 36.3 Å². The van der Waals surface area contributed by atoms with Crippen LogP contribution in [-0.4, -0.2) is 54.6 Å². The lowest BCUT2D eigenvalue weighted by atomic mass is 10.0. The molecule has 0 aliphatic carbocycles. The molecular formula is C27H31N5O5. The van der Waals surface area contributed by atoms with Crippen molar-refractivity contribution in [2.45, 2.75) is 25.9 Å². The van der Waals surface area contributed by atoms with Crippen LogP contribution in [0, 0.1) is 10.1 Å². The van der Waals surface area contributed by atoms with E-state index in [1.54, 1.807) is 0 Å². The standard InChI is InChI=1S/C27H31N5O5/c1-36-13-14-37-25-16-24(26(32(34)35)27(28)29-25)31(19-33)18-20-7-9-22(10-8-20)23-6-4-5-21(15-23)17-30-11-2-3-12-30/h4-10,15-16,19H,2-3,11-14,17-18H2,1H3,(H2,28,29). The minimum atomic E-state index is -0.647. The van der Waals surface area contributed by atoms with Crippen LogP contribution in [0.5, 0.6) is 5.88 Å². The number of carbonyl (C=O) groups excluding carboxylic acids is 1. The molecule has 37 heavy (non-hydrogen) atoms. The summed E-state index contributed by atoms with van der Waals surface area (Å²) in [6.07, 6.45) is 3.06. The van der Waals surface area contributed by atoms with Crippen LogP contribution < -0.4 is 15.4 Å². The maximum absolute atomic E-state index is 12.0. The van der Waals surface area contributed by atoms with E-state index in [4.69, 9.17) is 15.2 Å². The number of hydrogen-bond donors (Lipinski definition) is 1. The molecule has 1 fully saturated rings. The summed E-state index contributed by atoms with van der Waals surface area (Å²) in [5.41, 5.74) is 9.67. The molecule has 1 amide bonds. The summed E-state index contributed by atoms with van der Waals surface area (Å²) >= 11 is 0. The third-order valence-electron chi connectivity index (χ3n) is 6.30. The fourth-order valence-corrected chi connectivity index (χ4v) is 4.46. The van der Waals surface area contributed by atoms with Crippen molar-refractivity contribution in [3.05, 3.63) is 75.8 Å². The van der Waals surface area contributed by atoms with Gasteiger partial charge in [-0.25, -0.2) is 0 Å². The number of nitrogens with two attached hydrogens (primary N) is 1. The topological polar surface area (TPSA) is 124 Å². The van der Waals surface area contributed by atoms with Gasteiger partial charge in [-0.2, -0.15) is 4.98 Å². The summed E-state index contributed by atoms with van der Waals surface area (Å²) in [4.78, 5) is 30.7. The number of likely N-dealkylation sites (tertiary alicyclic amines) is 1.